The Kier molecular flexibility index (Phi) is 8.76. The number of nitrogens with zero attached hydrogens (tertiary/aromatic N) is 1. The molecule has 0 radical (unpaired) electrons. The Morgan fingerprint density at radius 1 is 0.286 bits per heavy atom. The summed E-state index contributed by atoms with van der Waals surface area (Å²) < 4.78 is 6.36. The van der Waals surface area contributed by atoms with Crippen LogP contribution in [0, 0.1) is 6.92 Å². The molecule has 11 aromatic carbocycles. The van der Waals surface area contributed by atoms with Gasteiger partial charge in [-0.05, 0) is 144 Å². The van der Waals surface area contributed by atoms with E-state index in [9.17, 15) is 0 Å². The molecule has 296 valence electrons. The predicted octanol–water partition coefficient (Wildman–Crippen LogP) is 17.5. The van der Waals surface area contributed by atoms with Crippen molar-refractivity contribution in [1.29, 1.82) is 0 Å². The molecule has 0 aliphatic heterocycles. The van der Waals surface area contributed by atoms with Crippen molar-refractivity contribution in [2.75, 3.05) is 4.90 Å². The van der Waals surface area contributed by atoms with Crippen molar-refractivity contribution in [2.45, 2.75) is 6.92 Å². The normalized spacial score (nSPS) is 11.6. The average Bonchev–Trinajstić information content (AvgIpc) is 3.70. The number of para-hydroxylation sites is 1. The lowest BCUT2D eigenvalue weighted by molar-refractivity contribution is 0.629. The highest BCUT2D eigenvalue weighted by molar-refractivity contribution is 6.09. The summed E-state index contributed by atoms with van der Waals surface area (Å²) in [6.45, 7) is 2.14. The molecule has 0 aliphatic rings. The molecule has 0 bridgehead atoms. The van der Waals surface area contributed by atoms with Crippen LogP contribution in [0.2, 0.25) is 0 Å². The Balaban J connectivity index is 0.900. The van der Waals surface area contributed by atoms with Crippen molar-refractivity contribution in [2.24, 2.45) is 0 Å². The van der Waals surface area contributed by atoms with Gasteiger partial charge in [0.15, 0.2) is 0 Å². The minimum Gasteiger partial charge on any atom is -0.456 e. The maximum atomic E-state index is 6.36. The first-order chi connectivity index (χ1) is 31.1. The fourth-order valence-electron chi connectivity index (χ4n) is 9.53. The van der Waals surface area contributed by atoms with Crippen molar-refractivity contribution in [3.8, 4) is 44.7 Å². The summed E-state index contributed by atoms with van der Waals surface area (Å²) in [5.74, 6) is 0.919. The van der Waals surface area contributed by atoms with Crippen LogP contribution in [0.25, 0.3) is 98.8 Å². The summed E-state index contributed by atoms with van der Waals surface area (Å²) in [7, 11) is 0. The van der Waals surface area contributed by atoms with Crippen molar-refractivity contribution in [1.82, 2.24) is 0 Å². The molecule has 0 aliphatic carbocycles. The number of hydrogen-bond acceptors (Lipinski definition) is 2. The van der Waals surface area contributed by atoms with Crippen LogP contribution in [-0.4, -0.2) is 0 Å². The fourth-order valence-corrected chi connectivity index (χ4v) is 9.53. The third-order valence-electron chi connectivity index (χ3n) is 12.8. The van der Waals surface area contributed by atoms with Gasteiger partial charge in [0.2, 0.25) is 0 Å². The predicted molar refractivity (Wildman–Crippen MR) is 267 cm³/mol. The largest absolute Gasteiger partial charge is 0.456 e. The van der Waals surface area contributed by atoms with Gasteiger partial charge in [-0.1, -0.05) is 170 Å². The van der Waals surface area contributed by atoms with E-state index in [1.807, 2.05) is 12.1 Å². The second-order valence-corrected chi connectivity index (χ2v) is 16.6. The van der Waals surface area contributed by atoms with E-state index >= 15 is 0 Å². The van der Waals surface area contributed by atoms with E-state index < -0.39 is 0 Å². The zero-order valence-electron chi connectivity index (χ0n) is 34.8. The number of anilines is 3. The number of fused-ring (bicyclic) bond motifs is 7. The van der Waals surface area contributed by atoms with E-state index in [0.29, 0.717) is 0 Å². The third-order valence-corrected chi connectivity index (χ3v) is 12.8. The molecule has 0 atom stereocenters. The quantitative estimate of drug-likeness (QED) is 0.149. The summed E-state index contributed by atoms with van der Waals surface area (Å²) in [5.41, 5.74) is 13.5. The average molecular weight is 804 g/mol. The molecule has 0 saturated heterocycles. The second-order valence-electron chi connectivity index (χ2n) is 16.6. The highest BCUT2D eigenvalue weighted by Crippen LogP contribution is 2.40. The summed E-state index contributed by atoms with van der Waals surface area (Å²) in [6, 6.07) is 83.6. The summed E-state index contributed by atoms with van der Waals surface area (Å²) in [5, 5.41) is 11.3. The molecule has 0 N–H and O–H groups in total. The van der Waals surface area contributed by atoms with Crippen molar-refractivity contribution in [3.05, 3.63) is 236 Å². The van der Waals surface area contributed by atoms with E-state index in [1.165, 1.54) is 65.3 Å². The lowest BCUT2D eigenvalue weighted by Gasteiger charge is -2.26. The third kappa shape index (κ3) is 6.52. The van der Waals surface area contributed by atoms with Crippen LogP contribution in [0.5, 0.6) is 0 Å². The number of hydrogen-bond donors (Lipinski definition) is 0. The molecule has 63 heavy (non-hydrogen) atoms. The summed E-state index contributed by atoms with van der Waals surface area (Å²) in [4.78, 5) is 2.35. The van der Waals surface area contributed by atoms with E-state index in [2.05, 4.69) is 230 Å². The minimum absolute atomic E-state index is 0.915. The molecule has 1 aromatic heterocycles. The molecule has 1 heterocycles. The molecule has 2 heteroatoms. The monoisotopic (exact) mass is 803 g/mol. The van der Waals surface area contributed by atoms with E-state index in [-0.39, 0.29) is 0 Å². The van der Waals surface area contributed by atoms with Crippen LogP contribution in [0.15, 0.2) is 235 Å². The summed E-state index contributed by atoms with van der Waals surface area (Å²) in [6.07, 6.45) is 0. The highest BCUT2D eigenvalue weighted by atomic mass is 16.3. The van der Waals surface area contributed by atoms with Gasteiger partial charge in [0, 0.05) is 33.6 Å². The summed E-state index contributed by atoms with van der Waals surface area (Å²) >= 11 is 0. The SMILES string of the molecule is Cc1c(-c2cccc(-c3ccc(N(c4ccc(-c5ccc6c(ccc7ccccc76)c5)cc4)c4ccc(-c5ccc6c(ccc7ccccc76)c5)cc4)cc3)c2)oc2ccccc12. The topological polar surface area (TPSA) is 16.4 Å². The van der Waals surface area contributed by atoms with Gasteiger partial charge in [0.1, 0.15) is 11.3 Å². The number of benzene rings is 11. The molecular weight excluding hydrogens is 763 g/mol. The molecular formula is C61H41NO. The Hall–Kier alpha value is -8.20. The van der Waals surface area contributed by atoms with Crippen molar-refractivity contribution >= 4 is 71.1 Å². The number of aryl methyl sites for hydroxylation is 1. The maximum absolute atomic E-state index is 6.36. The molecule has 0 unspecified atom stereocenters. The zero-order chi connectivity index (χ0) is 41.9. The van der Waals surface area contributed by atoms with Crippen LogP contribution >= 0.6 is 0 Å². The van der Waals surface area contributed by atoms with Gasteiger partial charge in [0.05, 0.1) is 0 Å². The first-order valence-corrected chi connectivity index (χ1v) is 21.6. The first kappa shape index (κ1) is 36.6. The van der Waals surface area contributed by atoms with Gasteiger partial charge < -0.3 is 9.32 Å². The Morgan fingerprint density at radius 2 is 0.683 bits per heavy atom. The molecule has 12 rings (SSSR count). The molecule has 0 amide bonds. The Morgan fingerprint density at radius 3 is 1.19 bits per heavy atom. The smallest absolute Gasteiger partial charge is 0.138 e. The molecule has 12 aromatic rings. The van der Waals surface area contributed by atoms with Crippen LogP contribution in [0.3, 0.4) is 0 Å². The molecule has 2 nitrogen and oxygen atoms in total. The number of rotatable bonds is 7. The molecule has 0 saturated carbocycles. The van der Waals surface area contributed by atoms with Crippen molar-refractivity contribution in [3.63, 3.8) is 0 Å². The Labute approximate surface area is 366 Å². The Bertz CT molecular complexity index is 3510. The standard InChI is InChI=1S/C61H41NO/c1-40-55-13-6-7-16-60(55)63-61(40)51-12-8-11-46(39-51)41-21-29-52(30-22-41)62(53-31-23-42(24-32-53)47-27-35-58-49(37-47)19-17-44-9-2-4-14-56(44)58)54-33-25-43(26-34-54)48-28-36-59-50(38-48)20-18-45-10-3-5-15-57(45)59/h2-39H,1H3. The van der Waals surface area contributed by atoms with E-state index in [1.54, 1.807) is 0 Å². The van der Waals surface area contributed by atoms with Gasteiger partial charge in [0.25, 0.3) is 0 Å². The van der Waals surface area contributed by atoms with Crippen molar-refractivity contribution < 1.29 is 4.42 Å². The molecule has 0 spiro atoms. The van der Waals surface area contributed by atoms with Crippen LogP contribution < -0.4 is 4.90 Å². The van der Waals surface area contributed by atoms with Gasteiger partial charge >= 0.3 is 0 Å². The van der Waals surface area contributed by atoms with Crippen LogP contribution in [-0.2, 0) is 0 Å². The number of furan rings is 1. The second kappa shape index (κ2) is 15.1. The van der Waals surface area contributed by atoms with Gasteiger partial charge in [-0.2, -0.15) is 0 Å². The van der Waals surface area contributed by atoms with Gasteiger partial charge in [-0.3, -0.25) is 0 Å². The van der Waals surface area contributed by atoms with Crippen LogP contribution in [0.4, 0.5) is 17.1 Å². The lowest BCUT2D eigenvalue weighted by Crippen LogP contribution is -2.09. The zero-order valence-corrected chi connectivity index (χ0v) is 34.8. The van der Waals surface area contributed by atoms with Gasteiger partial charge in [-0.15, -0.1) is 0 Å². The van der Waals surface area contributed by atoms with E-state index in [4.69, 9.17) is 4.42 Å². The fraction of sp³-hybridized carbons (Fsp3) is 0.0164. The highest BCUT2D eigenvalue weighted by Gasteiger charge is 2.16. The maximum Gasteiger partial charge on any atom is 0.138 e. The van der Waals surface area contributed by atoms with Crippen LogP contribution in [0.1, 0.15) is 5.56 Å². The lowest BCUT2D eigenvalue weighted by atomic mass is 9.97. The van der Waals surface area contributed by atoms with E-state index in [0.717, 1.165) is 56.0 Å². The van der Waals surface area contributed by atoms with Gasteiger partial charge in [-0.25, -0.2) is 0 Å². The molecule has 0 fully saturated rings. The first-order valence-electron chi connectivity index (χ1n) is 21.6. The minimum atomic E-state index is 0.915.